The number of rotatable bonds is 8. The summed E-state index contributed by atoms with van der Waals surface area (Å²) >= 11 is 1.57. The van der Waals surface area contributed by atoms with E-state index in [-0.39, 0.29) is 23.5 Å². The van der Waals surface area contributed by atoms with Gasteiger partial charge < -0.3 is 15.4 Å². The van der Waals surface area contributed by atoms with Crippen LogP contribution in [0.1, 0.15) is 63.3 Å². The summed E-state index contributed by atoms with van der Waals surface area (Å²) in [5.74, 6) is 0.299. The van der Waals surface area contributed by atoms with E-state index in [2.05, 4.69) is 20.8 Å². The number of amides is 1. The Hall–Kier alpha value is -2.92. The Morgan fingerprint density at radius 1 is 1.11 bits per heavy atom. The Balaban J connectivity index is 1.33. The highest BCUT2D eigenvalue weighted by Gasteiger charge is 2.38. The molecule has 0 atom stereocenters. The van der Waals surface area contributed by atoms with Crippen molar-refractivity contribution < 1.29 is 17.9 Å². The number of carbonyl (C=O) groups excluding carboxylic acids is 1. The molecular weight excluding hydrogens is 498 g/mol. The SMILES string of the molecule is CC(C)OC(=O)NC1CCC(c2ncc(-c3ccc(Nc4cn[nH]c4)cc3S(=O)(=O)C3CC3)s2)CC1. The van der Waals surface area contributed by atoms with Crippen molar-refractivity contribution in [2.45, 2.75) is 80.6 Å². The van der Waals surface area contributed by atoms with Crippen molar-refractivity contribution in [3.63, 3.8) is 0 Å². The molecule has 2 fully saturated rings. The summed E-state index contributed by atoms with van der Waals surface area (Å²) in [6, 6.07) is 5.59. The number of anilines is 2. The maximum absolute atomic E-state index is 13.3. The molecule has 0 spiro atoms. The fraction of sp³-hybridized carbons (Fsp3) is 0.480. The van der Waals surface area contributed by atoms with Gasteiger partial charge in [0.1, 0.15) is 0 Å². The summed E-state index contributed by atoms with van der Waals surface area (Å²) in [5, 5.41) is 13.6. The van der Waals surface area contributed by atoms with E-state index >= 15 is 0 Å². The maximum Gasteiger partial charge on any atom is 0.407 e. The van der Waals surface area contributed by atoms with E-state index in [1.54, 1.807) is 36.0 Å². The number of H-pyrrole nitrogens is 1. The molecule has 1 amide bonds. The third-order valence-electron chi connectivity index (χ3n) is 6.57. The van der Waals surface area contributed by atoms with Crippen molar-refractivity contribution >= 4 is 38.6 Å². The molecule has 3 N–H and O–H groups in total. The quantitative estimate of drug-likeness (QED) is 0.358. The van der Waals surface area contributed by atoms with Crippen molar-refractivity contribution in [1.82, 2.24) is 20.5 Å². The summed E-state index contributed by atoms with van der Waals surface area (Å²) < 4.78 is 31.9. The van der Waals surface area contributed by atoms with Gasteiger partial charge in [0.05, 0.1) is 38.0 Å². The number of sulfone groups is 1. The number of ether oxygens (including phenoxy) is 1. The monoisotopic (exact) mass is 529 g/mol. The van der Waals surface area contributed by atoms with Crippen LogP contribution in [-0.2, 0) is 14.6 Å². The first-order valence-corrected chi connectivity index (χ1v) is 14.7. The molecule has 1 aromatic carbocycles. The van der Waals surface area contributed by atoms with Gasteiger partial charge in [-0.05, 0) is 64.5 Å². The van der Waals surface area contributed by atoms with Gasteiger partial charge in [-0.2, -0.15) is 5.10 Å². The van der Waals surface area contributed by atoms with Gasteiger partial charge in [-0.3, -0.25) is 5.10 Å². The molecule has 2 aliphatic rings. The fourth-order valence-electron chi connectivity index (χ4n) is 4.58. The van der Waals surface area contributed by atoms with Crippen LogP contribution >= 0.6 is 11.3 Å². The minimum Gasteiger partial charge on any atom is -0.447 e. The fourth-order valence-corrected chi connectivity index (χ4v) is 7.67. The average Bonchev–Trinajstić information content (AvgIpc) is 3.38. The number of aromatic nitrogens is 3. The smallest absolute Gasteiger partial charge is 0.407 e. The molecular formula is C25H31N5O4S2. The number of hydrogen-bond acceptors (Lipinski definition) is 8. The van der Waals surface area contributed by atoms with E-state index in [9.17, 15) is 13.2 Å². The van der Waals surface area contributed by atoms with Crippen molar-refractivity contribution in [3.8, 4) is 10.4 Å². The summed E-state index contributed by atoms with van der Waals surface area (Å²) in [7, 11) is -3.43. The second kappa shape index (κ2) is 10.2. The van der Waals surface area contributed by atoms with Crippen LogP contribution in [0.5, 0.6) is 0 Å². The van der Waals surface area contributed by atoms with Gasteiger partial charge in [-0.1, -0.05) is 6.07 Å². The number of hydrogen-bond donors (Lipinski definition) is 3. The molecule has 5 rings (SSSR count). The Morgan fingerprint density at radius 3 is 2.56 bits per heavy atom. The average molecular weight is 530 g/mol. The molecule has 2 saturated carbocycles. The van der Waals surface area contributed by atoms with Gasteiger partial charge in [0.15, 0.2) is 9.84 Å². The Morgan fingerprint density at radius 2 is 1.89 bits per heavy atom. The molecule has 2 aromatic heterocycles. The van der Waals surface area contributed by atoms with Crippen LogP contribution in [0.25, 0.3) is 10.4 Å². The molecule has 0 saturated heterocycles. The second-order valence-electron chi connectivity index (χ2n) is 9.78. The first-order chi connectivity index (χ1) is 17.3. The second-order valence-corrected chi connectivity index (χ2v) is 13.0. The van der Waals surface area contributed by atoms with Crippen LogP contribution < -0.4 is 10.6 Å². The number of benzene rings is 1. The highest BCUT2D eigenvalue weighted by atomic mass is 32.2. The van der Waals surface area contributed by atoms with Gasteiger partial charge in [0, 0.05) is 35.6 Å². The topological polar surface area (TPSA) is 126 Å². The highest BCUT2D eigenvalue weighted by Crippen LogP contribution is 2.43. The number of nitrogens with zero attached hydrogens (tertiary/aromatic N) is 2. The van der Waals surface area contributed by atoms with Gasteiger partial charge in [0.25, 0.3) is 0 Å². The third kappa shape index (κ3) is 5.57. The molecule has 9 nitrogen and oxygen atoms in total. The number of alkyl carbamates (subject to hydrolysis) is 1. The number of aromatic amines is 1. The van der Waals surface area contributed by atoms with Crippen LogP contribution in [0.4, 0.5) is 16.2 Å². The molecule has 36 heavy (non-hydrogen) atoms. The van der Waals surface area contributed by atoms with Crippen molar-refractivity contribution in [3.05, 3.63) is 41.8 Å². The molecule has 3 aromatic rings. The van der Waals surface area contributed by atoms with E-state index in [4.69, 9.17) is 9.72 Å². The molecule has 0 radical (unpaired) electrons. The zero-order valence-electron chi connectivity index (χ0n) is 20.4. The minimum absolute atomic E-state index is 0.109. The Labute approximate surface area is 215 Å². The Bertz CT molecular complexity index is 1310. The van der Waals surface area contributed by atoms with Gasteiger partial charge in [-0.25, -0.2) is 18.2 Å². The van der Waals surface area contributed by atoms with Crippen LogP contribution in [0, 0.1) is 0 Å². The molecule has 2 aliphatic carbocycles. The lowest BCUT2D eigenvalue weighted by molar-refractivity contribution is 0.109. The van der Waals surface area contributed by atoms with Crippen molar-refractivity contribution in [2.24, 2.45) is 0 Å². The molecule has 192 valence electrons. The normalized spacial score (nSPS) is 20.3. The zero-order chi connectivity index (χ0) is 25.3. The van der Waals surface area contributed by atoms with E-state index < -0.39 is 9.84 Å². The van der Waals surface area contributed by atoms with E-state index in [1.165, 1.54) is 0 Å². The minimum atomic E-state index is -3.43. The molecule has 0 aliphatic heterocycles. The lowest BCUT2D eigenvalue weighted by Gasteiger charge is -2.28. The van der Waals surface area contributed by atoms with Crippen LogP contribution in [0.3, 0.4) is 0 Å². The van der Waals surface area contributed by atoms with Crippen LogP contribution in [0.2, 0.25) is 0 Å². The summed E-state index contributed by atoms with van der Waals surface area (Å²) in [4.78, 5) is 17.8. The standard InChI is InChI=1S/C25H31N5O4S2/c1-15(2)34-25(31)30-17-5-3-16(4-6-17)24-26-14-22(35-24)21-10-7-18(29-19-12-27-28-13-19)11-23(21)36(32,33)20-8-9-20/h7,10-17,20,29H,3-6,8-9H2,1-2H3,(H,27,28)(H,30,31). The number of carbonyl (C=O) groups is 1. The number of thiazole rings is 1. The van der Waals surface area contributed by atoms with Gasteiger partial charge in [0.2, 0.25) is 0 Å². The van der Waals surface area contributed by atoms with E-state index in [0.29, 0.717) is 34.9 Å². The molecule has 0 bridgehead atoms. The predicted molar refractivity (Wildman–Crippen MR) is 139 cm³/mol. The highest BCUT2D eigenvalue weighted by molar-refractivity contribution is 7.92. The van der Waals surface area contributed by atoms with Crippen LogP contribution in [0.15, 0.2) is 41.7 Å². The van der Waals surface area contributed by atoms with Crippen molar-refractivity contribution in [1.29, 1.82) is 0 Å². The molecule has 11 heteroatoms. The van der Waals surface area contributed by atoms with Crippen molar-refractivity contribution in [2.75, 3.05) is 5.32 Å². The third-order valence-corrected chi connectivity index (χ3v) is 10.1. The molecule has 0 unspecified atom stereocenters. The number of nitrogens with one attached hydrogen (secondary N) is 3. The van der Waals surface area contributed by atoms with Gasteiger partial charge >= 0.3 is 6.09 Å². The van der Waals surface area contributed by atoms with E-state index in [0.717, 1.165) is 41.3 Å². The van der Waals surface area contributed by atoms with Gasteiger partial charge in [-0.15, -0.1) is 11.3 Å². The zero-order valence-corrected chi connectivity index (χ0v) is 22.0. The lowest BCUT2D eigenvalue weighted by Crippen LogP contribution is -2.38. The summed E-state index contributed by atoms with van der Waals surface area (Å²) in [6.45, 7) is 3.67. The van der Waals surface area contributed by atoms with E-state index in [1.807, 2.05) is 26.0 Å². The summed E-state index contributed by atoms with van der Waals surface area (Å²) in [5.41, 5.74) is 2.17. The Kier molecular flexibility index (Phi) is 7.03. The summed E-state index contributed by atoms with van der Waals surface area (Å²) in [6.07, 6.45) is 9.64. The molecule has 2 heterocycles. The van der Waals surface area contributed by atoms with Crippen LogP contribution in [-0.4, -0.2) is 47.1 Å². The predicted octanol–water partition coefficient (Wildman–Crippen LogP) is 5.37. The largest absolute Gasteiger partial charge is 0.447 e. The first-order valence-electron chi connectivity index (χ1n) is 12.4. The lowest BCUT2D eigenvalue weighted by atomic mass is 9.86. The first kappa shape index (κ1) is 24.8. The maximum atomic E-state index is 13.3.